The minimum atomic E-state index is -4.89. The van der Waals surface area contributed by atoms with Gasteiger partial charge >= 0.3 is 6.18 Å². The normalized spacial score (nSPS) is 23.5. The number of nitriles is 1. The molecule has 2 aromatic heterocycles. The molecule has 1 saturated heterocycles. The van der Waals surface area contributed by atoms with E-state index in [1.165, 1.54) is 18.5 Å². The topological polar surface area (TPSA) is 119 Å². The molecule has 0 aliphatic carbocycles. The largest absolute Gasteiger partial charge is 0.412 e. The molecule has 2 unspecified atom stereocenters. The summed E-state index contributed by atoms with van der Waals surface area (Å²) in [7, 11) is 0. The molecule has 4 rings (SSSR count). The maximum atomic E-state index is 15.7. The molecule has 0 radical (unpaired) electrons. The number of amides is 1. The van der Waals surface area contributed by atoms with E-state index in [2.05, 4.69) is 16.0 Å². The van der Waals surface area contributed by atoms with Crippen molar-refractivity contribution in [2.24, 2.45) is 17.6 Å². The van der Waals surface area contributed by atoms with E-state index in [0.717, 1.165) is 4.90 Å². The SMILES string of the molecule is Cc1cc(-c2ccnc3[nH]cc(C#N)c23)cc(F)c1C1(O)[C@H](C)CN(C(=O)C(N)C(F)(F)F)C[C@@H]1C. The number of alkyl halides is 3. The van der Waals surface area contributed by atoms with Gasteiger partial charge in [0.05, 0.1) is 5.56 Å². The number of piperidine rings is 1. The number of aromatic amines is 1. The molecule has 0 bridgehead atoms. The molecule has 3 aromatic rings. The summed E-state index contributed by atoms with van der Waals surface area (Å²) in [4.78, 5) is 20.4. The van der Waals surface area contributed by atoms with Crippen molar-refractivity contribution >= 4 is 16.9 Å². The van der Waals surface area contributed by atoms with Gasteiger partial charge in [-0.2, -0.15) is 18.4 Å². The van der Waals surface area contributed by atoms with Crippen LogP contribution in [0.2, 0.25) is 0 Å². The number of carbonyl (C=O) groups is 1. The maximum Gasteiger partial charge on any atom is 0.412 e. The number of aryl methyl sites for hydroxylation is 1. The second-order valence-corrected chi connectivity index (χ2v) is 9.44. The lowest BCUT2D eigenvalue weighted by Crippen LogP contribution is -2.60. The van der Waals surface area contributed by atoms with Crippen LogP contribution in [0.25, 0.3) is 22.2 Å². The van der Waals surface area contributed by atoms with E-state index in [-0.39, 0.29) is 18.7 Å². The number of hydrogen-bond acceptors (Lipinski definition) is 5. The number of H-pyrrole nitrogens is 1. The molecule has 4 N–H and O–H groups in total. The van der Waals surface area contributed by atoms with Gasteiger partial charge in [-0.25, -0.2) is 9.37 Å². The van der Waals surface area contributed by atoms with E-state index in [0.29, 0.717) is 33.3 Å². The zero-order valence-electron chi connectivity index (χ0n) is 19.8. The molecule has 1 fully saturated rings. The number of halogens is 4. The molecule has 11 heteroatoms. The molecule has 3 heterocycles. The number of hydrogen-bond donors (Lipinski definition) is 3. The molecule has 0 saturated carbocycles. The van der Waals surface area contributed by atoms with Gasteiger partial charge in [-0.3, -0.25) is 4.79 Å². The van der Waals surface area contributed by atoms with Crippen molar-refractivity contribution in [1.29, 1.82) is 5.26 Å². The van der Waals surface area contributed by atoms with Crippen molar-refractivity contribution in [3.05, 3.63) is 53.1 Å². The number of fused-ring (bicyclic) bond motifs is 1. The molecule has 36 heavy (non-hydrogen) atoms. The fourth-order valence-corrected chi connectivity index (χ4v) is 5.30. The first kappa shape index (κ1) is 25.6. The predicted molar refractivity (Wildman–Crippen MR) is 124 cm³/mol. The van der Waals surface area contributed by atoms with Crippen LogP contribution < -0.4 is 5.73 Å². The van der Waals surface area contributed by atoms with Crippen molar-refractivity contribution in [1.82, 2.24) is 14.9 Å². The Labute approximate surface area is 204 Å². The molecular formula is C25H25F4N5O2. The molecule has 4 atom stereocenters. The highest BCUT2D eigenvalue weighted by Gasteiger charge is 2.51. The number of nitrogens with one attached hydrogen (secondary N) is 1. The third-order valence-electron chi connectivity index (χ3n) is 7.11. The van der Waals surface area contributed by atoms with Crippen molar-refractivity contribution in [3.8, 4) is 17.2 Å². The molecular weight excluding hydrogens is 478 g/mol. The number of aliphatic hydroxyl groups is 1. The molecule has 1 aromatic carbocycles. The van der Waals surface area contributed by atoms with Gasteiger partial charge in [0.25, 0.3) is 0 Å². The number of benzene rings is 1. The van der Waals surface area contributed by atoms with Crippen molar-refractivity contribution in [2.75, 3.05) is 13.1 Å². The standard InChI is InChI=1S/C25H25F4N5O2/c1-12-6-15(17-4-5-32-22-19(17)16(8-30)9-33-22)7-18(26)20(12)24(36)13(2)10-34(11-14(24)3)23(35)21(31)25(27,28)29/h4-7,9,13-14,21,36H,10-11,31H2,1-3H3,(H,32,33)/t13-,14+,21?,24?. The van der Waals surface area contributed by atoms with E-state index in [1.807, 2.05) is 0 Å². The lowest BCUT2D eigenvalue weighted by atomic mass is 9.69. The number of nitrogens with two attached hydrogens (primary N) is 1. The van der Waals surface area contributed by atoms with Crippen molar-refractivity contribution in [3.63, 3.8) is 0 Å². The fourth-order valence-electron chi connectivity index (χ4n) is 5.30. The Morgan fingerprint density at radius 2 is 1.97 bits per heavy atom. The number of pyridine rings is 1. The Morgan fingerprint density at radius 3 is 2.53 bits per heavy atom. The highest BCUT2D eigenvalue weighted by atomic mass is 19.4. The van der Waals surface area contributed by atoms with Crippen LogP contribution in [-0.4, -0.2) is 51.2 Å². The highest BCUT2D eigenvalue weighted by molar-refractivity contribution is 5.97. The minimum Gasteiger partial charge on any atom is -0.384 e. The summed E-state index contributed by atoms with van der Waals surface area (Å²) in [5.74, 6) is -3.55. The Balaban J connectivity index is 1.73. The van der Waals surface area contributed by atoms with Crippen LogP contribution in [0.5, 0.6) is 0 Å². The van der Waals surface area contributed by atoms with Gasteiger partial charge in [0.15, 0.2) is 6.04 Å². The first-order valence-electron chi connectivity index (χ1n) is 11.3. The molecule has 0 spiro atoms. The van der Waals surface area contributed by atoms with Crippen LogP contribution in [0.15, 0.2) is 30.6 Å². The average Bonchev–Trinajstić information content (AvgIpc) is 3.23. The number of likely N-dealkylation sites (tertiary alicyclic amines) is 1. The Kier molecular flexibility index (Phi) is 6.31. The first-order valence-corrected chi connectivity index (χ1v) is 11.3. The lowest BCUT2D eigenvalue weighted by Gasteiger charge is -2.49. The van der Waals surface area contributed by atoms with Crippen LogP contribution >= 0.6 is 0 Å². The second kappa shape index (κ2) is 8.87. The number of carbonyl (C=O) groups excluding carboxylic acids is 1. The van der Waals surface area contributed by atoms with Gasteiger partial charge in [-0.05, 0) is 35.7 Å². The van der Waals surface area contributed by atoms with E-state index < -0.39 is 41.4 Å². The lowest BCUT2D eigenvalue weighted by molar-refractivity contribution is -0.178. The van der Waals surface area contributed by atoms with Gasteiger partial charge in [-0.1, -0.05) is 19.9 Å². The Bertz CT molecular complexity index is 1340. The third-order valence-corrected chi connectivity index (χ3v) is 7.11. The molecule has 1 aliphatic rings. The monoisotopic (exact) mass is 503 g/mol. The summed E-state index contributed by atoms with van der Waals surface area (Å²) < 4.78 is 54.7. The fraction of sp³-hybridized carbons (Fsp3) is 0.400. The quantitative estimate of drug-likeness (QED) is 0.471. The summed E-state index contributed by atoms with van der Waals surface area (Å²) in [6, 6.07) is 4.04. The second-order valence-electron chi connectivity index (χ2n) is 9.44. The van der Waals surface area contributed by atoms with Crippen LogP contribution in [0, 0.1) is 35.9 Å². The first-order chi connectivity index (χ1) is 16.8. The third kappa shape index (κ3) is 4.00. The molecule has 190 valence electrons. The van der Waals surface area contributed by atoms with Gasteiger partial charge in [-0.15, -0.1) is 0 Å². The highest BCUT2D eigenvalue weighted by Crippen LogP contribution is 2.45. The summed E-state index contributed by atoms with van der Waals surface area (Å²) in [5.41, 5.74) is 5.70. The average molecular weight is 504 g/mol. The number of rotatable bonds is 3. The summed E-state index contributed by atoms with van der Waals surface area (Å²) in [6.45, 7) is 4.32. The number of aromatic nitrogens is 2. The zero-order valence-corrected chi connectivity index (χ0v) is 19.8. The van der Waals surface area contributed by atoms with Crippen molar-refractivity contribution < 1.29 is 27.5 Å². The van der Waals surface area contributed by atoms with Gasteiger partial charge in [0.1, 0.15) is 23.1 Å². The molecule has 1 aliphatic heterocycles. The smallest absolute Gasteiger partial charge is 0.384 e. The molecule has 7 nitrogen and oxygen atoms in total. The predicted octanol–water partition coefficient (Wildman–Crippen LogP) is 3.74. The summed E-state index contributed by atoms with van der Waals surface area (Å²) in [6.07, 6.45) is -1.84. The minimum absolute atomic E-state index is 0.0262. The van der Waals surface area contributed by atoms with Crippen molar-refractivity contribution in [2.45, 2.75) is 38.6 Å². The van der Waals surface area contributed by atoms with E-state index >= 15 is 4.39 Å². The van der Waals surface area contributed by atoms with E-state index in [4.69, 9.17) is 5.73 Å². The van der Waals surface area contributed by atoms with E-state index in [9.17, 15) is 28.3 Å². The summed E-state index contributed by atoms with van der Waals surface area (Å²) >= 11 is 0. The Hall–Kier alpha value is -3.49. The maximum absolute atomic E-state index is 15.7. The Morgan fingerprint density at radius 1 is 1.33 bits per heavy atom. The molecule has 1 amide bonds. The van der Waals surface area contributed by atoms with Crippen LogP contribution in [0.1, 0.15) is 30.5 Å². The van der Waals surface area contributed by atoms with Crippen LogP contribution in [0.3, 0.4) is 0 Å². The van der Waals surface area contributed by atoms with Gasteiger partial charge in [0.2, 0.25) is 5.91 Å². The van der Waals surface area contributed by atoms with Gasteiger partial charge in [0, 0.05) is 48.3 Å². The van der Waals surface area contributed by atoms with Gasteiger partial charge < -0.3 is 20.7 Å². The summed E-state index contributed by atoms with van der Waals surface area (Å²) in [5, 5.41) is 21.7. The van der Waals surface area contributed by atoms with E-state index in [1.54, 1.807) is 32.9 Å². The number of nitrogens with zero attached hydrogens (tertiary/aromatic N) is 3. The van der Waals surface area contributed by atoms with Crippen LogP contribution in [-0.2, 0) is 10.4 Å². The van der Waals surface area contributed by atoms with Crippen LogP contribution in [0.4, 0.5) is 17.6 Å². The zero-order chi connectivity index (χ0) is 26.6.